The molecule has 2 aromatic carbocycles. The SMILES string of the molecule is Clc1cc(I)c2[nH]cc(CCNc3ccccc3)c2c1. The van der Waals surface area contributed by atoms with E-state index in [0.717, 1.165) is 27.2 Å². The topological polar surface area (TPSA) is 27.8 Å². The van der Waals surface area contributed by atoms with Gasteiger partial charge >= 0.3 is 0 Å². The molecular formula is C16H14ClIN2. The highest BCUT2D eigenvalue weighted by Crippen LogP contribution is 2.27. The Bertz CT molecular complexity index is 722. The van der Waals surface area contributed by atoms with E-state index in [9.17, 15) is 0 Å². The molecule has 2 N–H and O–H groups in total. The number of hydrogen-bond donors (Lipinski definition) is 2. The summed E-state index contributed by atoms with van der Waals surface area (Å²) in [4.78, 5) is 3.34. The van der Waals surface area contributed by atoms with Gasteiger partial charge in [0.2, 0.25) is 0 Å². The summed E-state index contributed by atoms with van der Waals surface area (Å²) < 4.78 is 1.16. The summed E-state index contributed by atoms with van der Waals surface area (Å²) in [6, 6.07) is 14.3. The maximum Gasteiger partial charge on any atom is 0.0593 e. The summed E-state index contributed by atoms with van der Waals surface area (Å²) in [5.74, 6) is 0. The Labute approximate surface area is 136 Å². The number of benzene rings is 2. The summed E-state index contributed by atoms with van der Waals surface area (Å²) in [6.45, 7) is 0.903. The molecule has 0 aliphatic heterocycles. The molecule has 102 valence electrons. The third-order valence-corrected chi connectivity index (χ3v) is 4.36. The number of nitrogens with one attached hydrogen (secondary N) is 2. The molecule has 2 nitrogen and oxygen atoms in total. The van der Waals surface area contributed by atoms with Gasteiger partial charge in [-0.1, -0.05) is 29.8 Å². The highest BCUT2D eigenvalue weighted by atomic mass is 127. The normalized spacial score (nSPS) is 10.9. The van der Waals surface area contributed by atoms with Crippen LogP contribution in [0.1, 0.15) is 5.56 Å². The van der Waals surface area contributed by atoms with Crippen molar-refractivity contribution in [2.45, 2.75) is 6.42 Å². The molecule has 0 amide bonds. The highest BCUT2D eigenvalue weighted by molar-refractivity contribution is 14.1. The number of hydrogen-bond acceptors (Lipinski definition) is 1. The van der Waals surface area contributed by atoms with E-state index in [1.807, 2.05) is 30.3 Å². The second-order valence-electron chi connectivity index (χ2n) is 4.67. The molecule has 0 atom stereocenters. The molecule has 3 rings (SSSR count). The average molecular weight is 397 g/mol. The minimum Gasteiger partial charge on any atom is -0.385 e. The highest BCUT2D eigenvalue weighted by Gasteiger charge is 2.07. The number of H-pyrrole nitrogens is 1. The van der Waals surface area contributed by atoms with Crippen LogP contribution in [-0.2, 0) is 6.42 Å². The fraction of sp³-hybridized carbons (Fsp3) is 0.125. The molecular weight excluding hydrogens is 383 g/mol. The fourth-order valence-corrected chi connectivity index (χ4v) is 3.50. The lowest BCUT2D eigenvalue weighted by Gasteiger charge is -2.05. The van der Waals surface area contributed by atoms with E-state index in [4.69, 9.17) is 11.6 Å². The van der Waals surface area contributed by atoms with E-state index in [0.29, 0.717) is 0 Å². The zero-order valence-corrected chi connectivity index (χ0v) is 13.7. The Balaban J connectivity index is 1.75. The van der Waals surface area contributed by atoms with E-state index in [1.165, 1.54) is 16.5 Å². The summed E-state index contributed by atoms with van der Waals surface area (Å²) in [5, 5.41) is 5.44. The molecule has 0 bridgehead atoms. The third kappa shape index (κ3) is 2.94. The number of aromatic nitrogens is 1. The van der Waals surface area contributed by atoms with E-state index in [2.05, 4.69) is 51.2 Å². The van der Waals surface area contributed by atoms with Crippen LogP contribution in [0, 0.1) is 3.57 Å². The van der Waals surface area contributed by atoms with Gasteiger partial charge in [0.1, 0.15) is 0 Å². The molecule has 0 radical (unpaired) electrons. The molecule has 20 heavy (non-hydrogen) atoms. The Morgan fingerprint density at radius 2 is 1.95 bits per heavy atom. The lowest BCUT2D eigenvalue weighted by molar-refractivity contribution is 1.03. The van der Waals surface area contributed by atoms with Crippen molar-refractivity contribution in [1.82, 2.24) is 4.98 Å². The van der Waals surface area contributed by atoms with Gasteiger partial charge in [0, 0.05) is 32.4 Å². The van der Waals surface area contributed by atoms with Crippen LogP contribution in [-0.4, -0.2) is 11.5 Å². The molecule has 0 aliphatic carbocycles. The van der Waals surface area contributed by atoms with Crippen LogP contribution in [0.2, 0.25) is 5.02 Å². The maximum atomic E-state index is 6.15. The molecule has 0 unspecified atom stereocenters. The molecule has 3 aromatic rings. The monoisotopic (exact) mass is 396 g/mol. The number of rotatable bonds is 4. The molecule has 4 heteroatoms. The molecule has 0 saturated carbocycles. The first kappa shape index (κ1) is 13.8. The van der Waals surface area contributed by atoms with Gasteiger partial charge in [-0.05, 0) is 58.8 Å². The van der Waals surface area contributed by atoms with Gasteiger partial charge in [-0.3, -0.25) is 0 Å². The smallest absolute Gasteiger partial charge is 0.0593 e. The van der Waals surface area contributed by atoms with Crippen molar-refractivity contribution in [1.29, 1.82) is 0 Å². The first-order valence-corrected chi connectivity index (χ1v) is 7.93. The Morgan fingerprint density at radius 1 is 1.15 bits per heavy atom. The molecule has 1 heterocycles. The van der Waals surface area contributed by atoms with Crippen molar-refractivity contribution in [2.75, 3.05) is 11.9 Å². The van der Waals surface area contributed by atoms with Crippen molar-refractivity contribution < 1.29 is 0 Å². The van der Waals surface area contributed by atoms with Crippen LogP contribution in [0.3, 0.4) is 0 Å². The summed E-state index contributed by atoms with van der Waals surface area (Å²) >= 11 is 8.46. The Morgan fingerprint density at radius 3 is 2.75 bits per heavy atom. The predicted molar refractivity (Wildman–Crippen MR) is 94.7 cm³/mol. The molecule has 0 saturated heterocycles. The zero-order chi connectivity index (χ0) is 13.9. The molecule has 0 fully saturated rings. The second kappa shape index (κ2) is 6.06. The lowest BCUT2D eigenvalue weighted by atomic mass is 10.1. The number of para-hydroxylation sites is 1. The van der Waals surface area contributed by atoms with Crippen molar-refractivity contribution in [3.05, 3.63) is 62.8 Å². The van der Waals surface area contributed by atoms with Crippen LogP contribution in [0.15, 0.2) is 48.7 Å². The van der Waals surface area contributed by atoms with Crippen LogP contribution in [0.4, 0.5) is 5.69 Å². The van der Waals surface area contributed by atoms with Crippen LogP contribution >= 0.6 is 34.2 Å². The van der Waals surface area contributed by atoms with Gasteiger partial charge in [0.05, 0.1) is 5.52 Å². The average Bonchev–Trinajstić information content (AvgIpc) is 2.83. The van der Waals surface area contributed by atoms with E-state index in [-0.39, 0.29) is 0 Å². The quantitative estimate of drug-likeness (QED) is 0.591. The lowest BCUT2D eigenvalue weighted by Crippen LogP contribution is -2.04. The number of anilines is 1. The number of fused-ring (bicyclic) bond motifs is 1. The minimum atomic E-state index is 0.791. The van der Waals surface area contributed by atoms with Crippen molar-refractivity contribution in [3.8, 4) is 0 Å². The van der Waals surface area contributed by atoms with Crippen molar-refractivity contribution in [2.24, 2.45) is 0 Å². The van der Waals surface area contributed by atoms with Crippen LogP contribution in [0.25, 0.3) is 10.9 Å². The first-order chi connectivity index (χ1) is 9.74. The van der Waals surface area contributed by atoms with Gasteiger partial charge in [0.15, 0.2) is 0 Å². The standard InChI is InChI=1S/C16H14ClIN2/c17-12-8-14-11(10-20-16(14)15(18)9-12)6-7-19-13-4-2-1-3-5-13/h1-5,8-10,19-20H,6-7H2. The third-order valence-electron chi connectivity index (χ3n) is 3.29. The summed E-state index contributed by atoms with van der Waals surface area (Å²) in [5.41, 5.74) is 3.62. The van der Waals surface area contributed by atoms with E-state index < -0.39 is 0 Å². The summed E-state index contributed by atoms with van der Waals surface area (Å²) in [6.07, 6.45) is 3.04. The van der Waals surface area contributed by atoms with Gasteiger partial charge in [-0.25, -0.2) is 0 Å². The molecule has 0 spiro atoms. The van der Waals surface area contributed by atoms with Crippen molar-refractivity contribution >= 4 is 50.8 Å². The van der Waals surface area contributed by atoms with Gasteiger partial charge in [-0.15, -0.1) is 0 Å². The summed E-state index contributed by atoms with van der Waals surface area (Å²) in [7, 11) is 0. The molecule has 0 aliphatic rings. The minimum absolute atomic E-state index is 0.791. The largest absolute Gasteiger partial charge is 0.385 e. The van der Waals surface area contributed by atoms with E-state index >= 15 is 0 Å². The van der Waals surface area contributed by atoms with Gasteiger partial charge in [-0.2, -0.15) is 0 Å². The number of aromatic amines is 1. The second-order valence-corrected chi connectivity index (χ2v) is 6.27. The van der Waals surface area contributed by atoms with Gasteiger partial charge in [0.25, 0.3) is 0 Å². The Kier molecular flexibility index (Phi) is 4.17. The van der Waals surface area contributed by atoms with E-state index in [1.54, 1.807) is 0 Å². The first-order valence-electron chi connectivity index (χ1n) is 6.48. The predicted octanol–water partition coefficient (Wildman–Crippen LogP) is 5.08. The molecule has 1 aromatic heterocycles. The van der Waals surface area contributed by atoms with Crippen molar-refractivity contribution in [3.63, 3.8) is 0 Å². The van der Waals surface area contributed by atoms with Gasteiger partial charge < -0.3 is 10.3 Å². The Hall–Kier alpha value is -1.20. The fourth-order valence-electron chi connectivity index (χ4n) is 2.31. The van der Waals surface area contributed by atoms with Crippen LogP contribution < -0.4 is 5.32 Å². The number of halogens is 2. The van der Waals surface area contributed by atoms with Crippen LogP contribution in [0.5, 0.6) is 0 Å². The maximum absolute atomic E-state index is 6.15. The zero-order valence-electron chi connectivity index (χ0n) is 10.8.